The van der Waals surface area contributed by atoms with Crippen LogP contribution in [0.2, 0.25) is 0 Å². The Hall–Kier alpha value is -3.50. The number of hydrogen-bond acceptors (Lipinski definition) is 7. The van der Waals surface area contributed by atoms with Crippen LogP contribution in [0.4, 0.5) is 5.00 Å². The normalized spacial score (nSPS) is 12.7. The van der Waals surface area contributed by atoms with Crippen molar-refractivity contribution in [2.45, 2.75) is 25.7 Å². The molecule has 1 aromatic carbocycles. The minimum Gasteiger partial charge on any atom is -0.451 e. The number of aryl methyl sites for hydroxylation is 1. The number of ether oxygens (including phenoxy) is 2. The van der Waals surface area contributed by atoms with Crippen LogP contribution in [0.1, 0.15) is 44.1 Å². The molecule has 0 aliphatic heterocycles. The van der Waals surface area contributed by atoms with Gasteiger partial charge in [0.15, 0.2) is 6.61 Å². The number of anilines is 1. The van der Waals surface area contributed by atoms with Crippen LogP contribution in [0.3, 0.4) is 0 Å². The van der Waals surface area contributed by atoms with E-state index in [2.05, 4.69) is 15.6 Å². The fourth-order valence-electron chi connectivity index (χ4n) is 3.94. The molecule has 2 heterocycles. The van der Waals surface area contributed by atoms with Gasteiger partial charge in [-0.1, -0.05) is 18.2 Å². The van der Waals surface area contributed by atoms with Gasteiger partial charge in [-0.25, -0.2) is 4.79 Å². The molecule has 0 radical (unpaired) electrons. The van der Waals surface area contributed by atoms with E-state index in [4.69, 9.17) is 9.47 Å². The molecule has 0 saturated carbocycles. The molecule has 34 heavy (non-hydrogen) atoms. The van der Waals surface area contributed by atoms with E-state index in [1.807, 2.05) is 0 Å². The van der Waals surface area contributed by atoms with E-state index in [0.29, 0.717) is 34.5 Å². The Morgan fingerprint density at radius 3 is 2.76 bits per heavy atom. The number of fused-ring (bicyclic) bond motifs is 2. The van der Waals surface area contributed by atoms with Gasteiger partial charge in [-0.05, 0) is 48.8 Å². The Morgan fingerprint density at radius 2 is 1.94 bits per heavy atom. The highest BCUT2D eigenvalue weighted by Gasteiger charge is 2.26. The number of methoxy groups -OCH3 is 1. The number of aromatic nitrogens is 1. The Labute approximate surface area is 199 Å². The molecule has 4 rings (SSSR count). The first-order valence-corrected chi connectivity index (χ1v) is 11.8. The summed E-state index contributed by atoms with van der Waals surface area (Å²) in [6, 6.07) is 8.36. The number of carbonyl (C=O) groups excluding carboxylic acids is 3. The van der Waals surface area contributed by atoms with Gasteiger partial charge in [0.1, 0.15) is 10.7 Å². The maximum atomic E-state index is 12.8. The SMILES string of the molecule is COCCNC(=O)c1c(NC(=O)COC(=O)c2cc3ccccc3c(=O)[nH]2)sc2c1CCCC2. The van der Waals surface area contributed by atoms with Gasteiger partial charge in [-0.3, -0.25) is 14.4 Å². The molecule has 0 spiro atoms. The Bertz CT molecular complexity index is 1300. The van der Waals surface area contributed by atoms with Crippen molar-refractivity contribution in [3.05, 3.63) is 62.4 Å². The highest BCUT2D eigenvalue weighted by atomic mass is 32.1. The van der Waals surface area contributed by atoms with Gasteiger partial charge in [-0.15, -0.1) is 11.3 Å². The third-order valence-corrected chi connectivity index (χ3v) is 6.76. The first kappa shape index (κ1) is 23.7. The second-order valence-corrected chi connectivity index (χ2v) is 8.99. The predicted molar refractivity (Wildman–Crippen MR) is 129 cm³/mol. The van der Waals surface area contributed by atoms with Crippen LogP contribution >= 0.6 is 11.3 Å². The van der Waals surface area contributed by atoms with Crippen molar-refractivity contribution in [2.75, 3.05) is 32.2 Å². The van der Waals surface area contributed by atoms with E-state index in [1.54, 1.807) is 31.4 Å². The fourth-order valence-corrected chi connectivity index (χ4v) is 5.24. The van der Waals surface area contributed by atoms with E-state index in [1.165, 1.54) is 17.4 Å². The monoisotopic (exact) mass is 483 g/mol. The summed E-state index contributed by atoms with van der Waals surface area (Å²) in [6.07, 6.45) is 3.65. The average Bonchev–Trinajstić information content (AvgIpc) is 3.20. The summed E-state index contributed by atoms with van der Waals surface area (Å²) in [7, 11) is 1.55. The summed E-state index contributed by atoms with van der Waals surface area (Å²) < 4.78 is 10.1. The Morgan fingerprint density at radius 1 is 1.15 bits per heavy atom. The van der Waals surface area contributed by atoms with Crippen molar-refractivity contribution >= 4 is 44.9 Å². The minimum atomic E-state index is -0.819. The number of hydrogen-bond donors (Lipinski definition) is 3. The van der Waals surface area contributed by atoms with Gasteiger partial charge in [0.05, 0.1) is 12.2 Å². The van der Waals surface area contributed by atoms with Gasteiger partial charge < -0.3 is 25.1 Å². The van der Waals surface area contributed by atoms with Crippen LogP contribution in [-0.4, -0.2) is 49.6 Å². The van der Waals surface area contributed by atoms with E-state index >= 15 is 0 Å². The molecule has 0 unspecified atom stereocenters. The third-order valence-electron chi connectivity index (χ3n) is 5.55. The first-order valence-electron chi connectivity index (χ1n) is 11.0. The maximum Gasteiger partial charge on any atom is 0.355 e. The van der Waals surface area contributed by atoms with Gasteiger partial charge in [0, 0.05) is 23.9 Å². The molecule has 1 aliphatic carbocycles. The molecule has 3 aromatic rings. The van der Waals surface area contributed by atoms with Gasteiger partial charge in [-0.2, -0.15) is 0 Å². The molecule has 3 N–H and O–H groups in total. The number of carbonyl (C=O) groups is 3. The summed E-state index contributed by atoms with van der Waals surface area (Å²) in [5.74, 6) is -1.65. The van der Waals surface area contributed by atoms with Crippen molar-refractivity contribution in [3.8, 4) is 0 Å². The van der Waals surface area contributed by atoms with Crippen LogP contribution in [0.5, 0.6) is 0 Å². The number of amides is 2. The zero-order valence-corrected chi connectivity index (χ0v) is 19.5. The van der Waals surface area contributed by atoms with Crippen molar-refractivity contribution in [1.29, 1.82) is 0 Å². The van der Waals surface area contributed by atoms with Crippen LogP contribution in [0, 0.1) is 0 Å². The van der Waals surface area contributed by atoms with Gasteiger partial charge in [0.25, 0.3) is 17.4 Å². The quantitative estimate of drug-likeness (QED) is 0.334. The lowest BCUT2D eigenvalue weighted by Gasteiger charge is -2.13. The third kappa shape index (κ3) is 5.18. The summed E-state index contributed by atoms with van der Waals surface area (Å²) >= 11 is 1.38. The number of nitrogens with one attached hydrogen (secondary N) is 3. The van der Waals surface area contributed by atoms with Gasteiger partial charge in [0.2, 0.25) is 0 Å². The molecule has 178 valence electrons. The maximum absolute atomic E-state index is 12.8. The molecule has 2 aromatic heterocycles. The molecular formula is C24H25N3O6S. The number of H-pyrrole nitrogens is 1. The fraction of sp³-hybridized carbons (Fsp3) is 0.333. The van der Waals surface area contributed by atoms with E-state index in [-0.39, 0.29) is 11.6 Å². The lowest BCUT2D eigenvalue weighted by atomic mass is 9.95. The highest BCUT2D eigenvalue weighted by molar-refractivity contribution is 7.17. The molecule has 0 bridgehead atoms. The molecule has 0 fully saturated rings. The summed E-state index contributed by atoms with van der Waals surface area (Å²) in [4.78, 5) is 53.6. The predicted octanol–water partition coefficient (Wildman–Crippen LogP) is 2.64. The zero-order valence-electron chi connectivity index (χ0n) is 18.7. The second-order valence-electron chi connectivity index (χ2n) is 7.89. The molecule has 10 heteroatoms. The Balaban J connectivity index is 1.45. The molecule has 0 atom stereocenters. The molecule has 1 aliphatic rings. The number of pyridine rings is 1. The van der Waals surface area contributed by atoms with Crippen LogP contribution in [-0.2, 0) is 27.1 Å². The van der Waals surface area contributed by atoms with Crippen molar-refractivity contribution < 1.29 is 23.9 Å². The summed E-state index contributed by atoms with van der Waals surface area (Å²) in [5.41, 5.74) is 0.977. The second kappa shape index (κ2) is 10.6. The largest absolute Gasteiger partial charge is 0.451 e. The standard InChI is InChI=1S/C24H25N3O6S/c1-32-11-10-25-22(30)20-16-8-4-5-9-18(16)34-23(20)27-19(28)13-33-24(31)17-12-14-6-2-3-7-15(14)21(29)26-17/h2-3,6-7,12H,4-5,8-11,13H2,1H3,(H,25,30)(H,26,29)(H,27,28). The van der Waals surface area contributed by atoms with Crippen molar-refractivity contribution in [3.63, 3.8) is 0 Å². The minimum absolute atomic E-state index is 0.0405. The van der Waals surface area contributed by atoms with Crippen molar-refractivity contribution in [2.24, 2.45) is 0 Å². The number of esters is 1. The zero-order chi connectivity index (χ0) is 24.1. The lowest BCUT2D eigenvalue weighted by Crippen LogP contribution is -2.29. The van der Waals surface area contributed by atoms with Crippen LogP contribution < -0.4 is 16.2 Å². The molecule has 2 amide bonds. The number of benzene rings is 1. The number of thiophene rings is 1. The summed E-state index contributed by atoms with van der Waals surface area (Å²) in [5, 5.41) is 7.03. The average molecular weight is 484 g/mol. The van der Waals surface area contributed by atoms with Crippen molar-refractivity contribution in [1.82, 2.24) is 10.3 Å². The Kier molecular flexibility index (Phi) is 7.39. The topological polar surface area (TPSA) is 127 Å². The summed E-state index contributed by atoms with van der Waals surface area (Å²) in [6.45, 7) is 0.183. The first-order chi connectivity index (χ1) is 16.5. The van der Waals surface area contributed by atoms with E-state index in [0.717, 1.165) is 36.1 Å². The van der Waals surface area contributed by atoms with Crippen LogP contribution in [0.25, 0.3) is 10.8 Å². The smallest absolute Gasteiger partial charge is 0.355 e. The van der Waals surface area contributed by atoms with Crippen LogP contribution in [0.15, 0.2) is 35.1 Å². The van der Waals surface area contributed by atoms with E-state index in [9.17, 15) is 19.2 Å². The van der Waals surface area contributed by atoms with Gasteiger partial charge >= 0.3 is 5.97 Å². The van der Waals surface area contributed by atoms with E-state index < -0.39 is 24.0 Å². The lowest BCUT2D eigenvalue weighted by molar-refractivity contribution is -0.119. The highest BCUT2D eigenvalue weighted by Crippen LogP contribution is 2.38. The number of aromatic amines is 1. The number of rotatable bonds is 8. The molecule has 9 nitrogen and oxygen atoms in total. The molecule has 0 saturated heterocycles. The molecular weight excluding hydrogens is 458 g/mol.